The molecule has 12 heteroatoms. The van der Waals surface area contributed by atoms with Gasteiger partial charge in [0.2, 0.25) is 0 Å². The van der Waals surface area contributed by atoms with E-state index in [1.54, 1.807) is 73.2 Å². The molecule has 2 heterocycles. The van der Waals surface area contributed by atoms with Gasteiger partial charge in [0.05, 0.1) is 23.9 Å². The van der Waals surface area contributed by atoms with E-state index in [0.29, 0.717) is 55.2 Å². The Balaban J connectivity index is 1.18. The van der Waals surface area contributed by atoms with Crippen LogP contribution in [0.4, 0.5) is 5.69 Å². The molecular formula is C37H28Cl2N4O5S. The number of hydrogen-bond acceptors (Lipinski definition) is 8. The number of nitrogens with zero attached hydrogens (tertiary/aromatic N) is 3. The van der Waals surface area contributed by atoms with E-state index in [-0.39, 0.29) is 25.0 Å². The molecule has 49 heavy (non-hydrogen) atoms. The first kappa shape index (κ1) is 33.6. The molecule has 1 fully saturated rings. The van der Waals surface area contributed by atoms with Crippen molar-refractivity contribution in [3.8, 4) is 11.5 Å². The summed E-state index contributed by atoms with van der Waals surface area (Å²) in [6, 6.07) is 32.6. The van der Waals surface area contributed by atoms with Gasteiger partial charge in [0.25, 0.3) is 11.8 Å². The highest BCUT2D eigenvalue weighted by Crippen LogP contribution is 2.36. The van der Waals surface area contributed by atoms with Crippen molar-refractivity contribution >= 4 is 69.9 Å². The first-order valence-corrected chi connectivity index (χ1v) is 16.6. The number of amidine groups is 1. The number of benzene rings is 4. The molecule has 2 amide bonds. The highest BCUT2D eigenvalue weighted by molar-refractivity contribution is 8.18. The largest absolute Gasteiger partial charge is 0.489 e. The number of halogens is 2. The van der Waals surface area contributed by atoms with Crippen molar-refractivity contribution in [2.45, 2.75) is 13.2 Å². The van der Waals surface area contributed by atoms with E-state index >= 15 is 0 Å². The highest BCUT2D eigenvalue weighted by Gasteiger charge is 2.34. The third-order valence-corrected chi connectivity index (χ3v) is 8.47. The number of amides is 2. The molecule has 1 saturated heterocycles. The third kappa shape index (κ3) is 9.41. The van der Waals surface area contributed by atoms with E-state index in [1.165, 1.54) is 4.90 Å². The zero-order chi connectivity index (χ0) is 34.0. The van der Waals surface area contributed by atoms with Gasteiger partial charge < -0.3 is 19.2 Å². The van der Waals surface area contributed by atoms with Crippen LogP contribution in [0.3, 0.4) is 0 Å². The van der Waals surface area contributed by atoms with Gasteiger partial charge in [-0.15, -0.1) is 5.10 Å². The Morgan fingerprint density at radius 2 is 1.71 bits per heavy atom. The summed E-state index contributed by atoms with van der Waals surface area (Å²) < 4.78 is 17.3. The van der Waals surface area contributed by atoms with Crippen molar-refractivity contribution in [3.63, 3.8) is 0 Å². The molecule has 246 valence electrons. The van der Waals surface area contributed by atoms with Crippen molar-refractivity contribution in [1.29, 1.82) is 0 Å². The minimum atomic E-state index is -0.368. The Labute approximate surface area is 296 Å². The van der Waals surface area contributed by atoms with Crippen molar-refractivity contribution < 1.29 is 23.5 Å². The van der Waals surface area contributed by atoms with Crippen molar-refractivity contribution in [2.75, 3.05) is 11.9 Å². The van der Waals surface area contributed by atoms with Gasteiger partial charge in [-0.3, -0.25) is 14.5 Å². The molecule has 0 atom stereocenters. The van der Waals surface area contributed by atoms with Crippen LogP contribution in [0.5, 0.6) is 11.5 Å². The number of nitrogens with one attached hydrogen (secondary N) is 1. The van der Waals surface area contributed by atoms with Crippen LogP contribution in [0.2, 0.25) is 10.0 Å². The molecule has 5 aromatic rings. The van der Waals surface area contributed by atoms with Gasteiger partial charge >= 0.3 is 0 Å². The predicted octanol–water partition coefficient (Wildman–Crippen LogP) is 8.69. The minimum absolute atomic E-state index is 0.150. The van der Waals surface area contributed by atoms with E-state index in [2.05, 4.69) is 15.5 Å². The van der Waals surface area contributed by atoms with Gasteiger partial charge in [0.15, 0.2) is 11.8 Å². The van der Waals surface area contributed by atoms with Crippen LogP contribution in [-0.2, 0) is 22.7 Å². The molecule has 9 nitrogen and oxygen atoms in total. The number of carbonyl (C=O) groups excluding carboxylic acids is 2. The lowest BCUT2D eigenvalue weighted by Crippen LogP contribution is -2.28. The number of anilines is 1. The lowest BCUT2D eigenvalue weighted by Gasteiger charge is -2.13. The molecule has 0 saturated carbocycles. The third-order valence-electron chi connectivity index (χ3n) is 6.98. The zero-order valence-corrected chi connectivity index (χ0v) is 28.1. The van der Waals surface area contributed by atoms with Crippen molar-refractivity contribution in [3.05, 3.63) is 153 Å². The van der Waals surface area contributed by atoms with Crippen LogP contribution < -0.4 is 14.8 Å². The molecule has 0 spiro atoms. The topological polar surface area (TPSA) is 106 Å². The predicted molar refractivity (Wildman–Crippen MR) is 194 cm³/mol. The molecular weight excluding hydrogens is 683 g/mol. The van der Waals surface area contributed by atoms with Gasteiger partial charge in [-0.05, 0) is 95.7 Å². The van der Waals surface area contributed by atoms with E-state index in [1.807, 2.05) is 54.6 Å². The Kier molecular flexibility index (Phi) is 11.1. The van der Waals surface area contributed by atoms with Gasteiger partial charge in [-0.25, -0.2) is 0 Å². The summed E-state index contributed by atoms with van der Waals surface area (Å²) in [5, 5.41) is 12.8. The fourth-order valence-electron chi connectivity index (χ4n) is 4.63. The maximum atomic E-state index is 13.7. The normalized spacial score (nSPS) is 14.6. The van der Waals surface area contributed by atoms with Crippen molar-refractivity contribution in [2.24, 2.45) is 10.2 Å². The Bertz CT molecular complexity index is 2020. The molecule has 0 unspecified atom stereocenters. The van der Waals surface area contributed by atoms with Crippen LogP contribution in [0.25, 0.3) is 6.08 Å². The van der Waals surface area contributed by atoms with E-state index in [0.717, 1.165) is 22.9 Å². The second kappa shape index (κ2) is 16.2. The van der Waals surface area contributed by atoms with Gasteiger partial charge in [-0.1, -0.05) is 65.7 Å². The molecule has 1 aliphatic rings. The van der Waals surface area contributed by atoms with Crippen LogP contribution >= 0.6 is 35.0 Å². The summed E-state index contributed by atoms with van der Waals surface area (Å²) >= 11 is 13.4. The molecule has 6 rings (SSSR count). The average molecular weight is 712 g/mol. The van der Waals surface area contributed by atoms with Gasteiger partial charge in [0.1, 0.15) is 23.9 Å². The first-order chi connectivity index (χ1) is 23.9. The summed E-state index contributed by atoms with van der Waals surface area (Å²) in [7, 11) is 0. The number of rotatable bonds is 12. The Morgan fingerprint density at radius 3 is 2.51 bits per heavy atom. The molecule has 1 N–H and O–H groups in total. The smallest absolute Gasteiger partial charge is 0.267 e. The fraction of sp³-hybridized carbons (Fsp3) is 0.0811. The van der Waals surface area contributed by atoms with Crippen LogP contribution in [0.1, 0.15) is 22.5 Å². The van der Waals surface area contributed by atoms with Gasteiger partial charge in [0, 0.05) is 21.3 Å². The fourth-order valence-corrected chi connectivity index (χ4v) is 5.86. The average Bonchev–Trinajstić information content (AvgIpc) is 3.73. The van der Waals surface area contributed by atoms with Crippen LogP contribution in [-0.4, -0.2) is 34.7 Å². The molecule has 0 radical (unpaired) electrons. The second-order valence-corrected chi connectivity index (χ2v) is 12.5. The number of hydrogen-bond donors (Lipinski definition) is 1. The summed E-state index contributed by atoms with van der Waals surface area (Å²) in [6.07, 6.45) is 4.79. The maximum absolute atomic E-state index is 13.7. The summed E-state index contributed by atoms with van der Waals surface area (Å²) in [4.78, 5) is 28.1. The maximum Gasteiger partial charge on any atom is 0.267 e. The molecule has 1 aliphatic heterocycles. The minimum Gasteiger partial charge on any atom is -0.489 e. The quantitative estimate of drug-likeness (QED) is 0.0789. The number of carbonyl (C=O) groups is 2. The zero-order valence-electron chi connectivity index (χ0n) is 25.8. The number of furan rings is 1. The summed E-state index contributed by atoms with van der Waals surface area (Å²) in [5.74, 6) is 0.962. The molecule has 0 aliphatic carbocycles. The van der Waals surface area contributed by atoms with Crippen LogP contribution in [0, 0.1) is 0 Å². The summed E-state index contributed by atoms with van der Waals surface area (Å²) in [5.41, 5.74) is 2.93. The van der Waals surface area contributed by atoms with E-state index in [4.69, 9.17) is 37.1 Å². The SMILES string of the molecule is O=C(COc1ccc(Cl)cc1/C=C1\S/C(=N\N=C\c2cccc(OCc3ccccc3)c2)N(Cc2ccco2)C1=O)Nc1ccc(Cl)cc1. The lowest BCUT2D eigenvalue weighted by atomic mass is 10.2. The molecule has 1 aromatic heterocycles. The van der Waals surface area contributed by atoms with Gasteiger partial charge in [-0.2, -0.15) is 5.10 Å². The number of thioether (sulfide) groups is 1. The van der Waals surface area contributed by atoms with Crippen molar-refractivity contribution in [1.82, 2.24) is 4.90 Å². The second-order valence-electron chi connectivity index (χ2n) is 10.6. The number of ether oxygens (including phenoxy) is 2. The first-order valence-electron chi connectivity index (χ1n) is 15.0. The molecule has 0 bridgehead atoms. The lowest BCUT2D eigenvalue weighted by molar-refractivity contribution is -0.122. The summed E-state index contributed by atoms with van der Waals surface area (Å²) in [6.45, 7) is 0.318. The Morgan fingerprint density at radius 1 is 0.898 bits per heavy atom. The molecule has 4 aromatic carbocycles. The Hall–Kier alpha value is -5.29. The highest BCUT2D eigenvalue weighted by atomic mass is 35.5. The monoisotopic (exact) mass is 710 g/mol. The van der Waals surface area contributed by atoms with E-state index in [9.17, 15) is 9.59 Å². The standard InChI is InChI=1S/C37H28Cl2N4O5S/c38-28-11-14-30(15-12-28)41-35(44)24-48-33-16-13-29(39)19-27(33)20-34-36(45)43(22-32-10-5-17-46-32)37(49-34)42-40-21-26-8-4-9-31(18-26)47-23-25-6-2-1-3-7-25/h1-21H,22-24H2,(H,41,44)/b34-20-,40-21+,42-37-. The van der Waals surface area contributed by atoms with E-state index < -0.39 is 0 Å². The van der Waals surface area contributed by atoms with Crippen LogP contribution in [0.15, 0.2) is 135 Å².